The Balaban J connectivity index is 1.63. The third-order valence-electron chi connectivity index (χ3n) is 5.01. The molecule has 154 valence electrons. The summed E-state index contributed by atoms with van der Waals surface area (Å²) in [4.78, 5) is 36.9. The van der Waals surface area contributed by atoms with E-state index >= 15 is 0 Å². The van der Waals surface area contributed by atoms with Crippen molar-refractivity contribution < 1.29 is 19.5 Å². The highest BCUT2D eigenvalue weighted by molar-refractivity contribution is 5.86. The Morgan fingerprint density at radius 2 is 1.89 bits per heavy atom. The van der Waals surface area contributed by atoms with Crippen molar-refractivity contribution in [2.75, 3.05) is 19.6 Å². The van der Waals surface area contributed by atoms with Crippen LogP contribution in [0, 0.1) is 0 Å². The van der Waals surface area contributed by atoms with Gasteiger partial charge in [0.2, 0.25) is 5.91 Å². The minimum Gasteiger partial charge on any atom is -0.480 e. The van der Waals surface area contributed by atoms with Gasteiger partial charge in [0.1, 0.15) is 6.04 Å². The Kier molecular flexibility index (Phi) is 8.25. The topological polar surface area (TPSA) is 111 Å². The molecule has 0 bridgehead atoms. The summed E-state index contributed by atoms with van der Waals surface area (Å²) in [7, 11) is 0. The number of carboxylic acids is 1. The Morgan fingerprint density at radius 1 is 1.21 bits per heavy atom. The average Bonchev–Trinajstić information content (AvgIpc) is 2.63. The fourth-order valence-electron chi connectivity index (χ4n) is 3.29. The van der Waals surface area contributed by atoms with Gasteiger partial charge < -0.3 is 21.1 Å². The third-order valence-corrected chi connectivity index (χ3v) is 5.01. The van der Waals surface area contributed by atoms with Gasteiger partial charge in [0, 0.05) is 18.6 Å². The summed E-state index contributed by atoms with van der Waals surface area (Å²) >= 11 is 0. The smallest absolute Gasteiger partial charge is 0.317 e. The maximum absolute atomic E-state index is 12.1. The number of carboxylic acid groups (broad SMARTS) is 1. The van der Waals surface area contributed by atoms with Crippen LogP contribution in [0.4, 0.5) is 4.79 Å². The van der Waals surface area contributed by atoms with Crippen molar-refractivity contribution in [3.63, 3.8) is 0 Å². The second-order valence-electron chi connectivity index (χ2n) is 7.15. The molecule has 1 aromatic carbocycles. The monoisotopic (exact) mass is 390 g/mol. The highest BCUT2D eigenvalue weighted by atomic mass is 16.4. The molecule has 8 nitrogen and oxygen atoms in total. The number of hydrogen-bond donors (Lipinski definition) is 4. The average molecular weight is 390 g/mol. The lowest BCUT2D eigenvalue weighted by Gasteiger charge is -2.42. The first kappa shape index (κ1) is 21.7. The fourth-order valence-corrected chi connectivity index (χ4v) is 3.29. The summed E-state index contributed by atoms with van der Waals surface area (Å²) in [5.41, 5.74) is 1.14. The summed E-state index contributed by atoms with van der Waals surface area (Å²) in [6.45, 7) is 4.76. The number of urea groups is 1. The molecule has 3 amide bonds. The van der Waals surface area contributed by atoms with Gasteiger partial charge in [-0.2, -0.15) is 0 Å². The van der Waals surface area contributed by atoms with Gasteiger partial charge in [0.05, 0.1) is 6.54 Å². The fraction of sp³-hybridized carbons (Fsp3) is 0.550. The SMILES string of the molecule is CCN(CC(=O)O)C1CC(NC(=O)N[C@H](C)C(=O)NCCc2ccccc2)C1. The molecule has 2 rings (SSSR count). The van der Waals surface area contributed by atoms with Gasteiger partial charge >= 0.3 is 12.0 Å². The zero-order valence-corrected chi connectivity index (χ0v) is 16.5. The summed E-state index contributed by atoms with van der Waals surface area (Å²) < 4.78 is 0. The number of nitrogens with one attached hydrogen (secondary N) is 3. The number of hydrogen-bond acceptors (Lipinski definition) is 4. The molecule has 0 saturated heterocycles. The molecule has 4 N–H and O–H groups in total. The van der Waals surface area contributed by atoms with E-state index < -0.39 is 12.0 Å². The molecule has 0 spiro atoms. The van der Waals surface area contributed by atoms with Crippen molar-refractivity contribution in [2.24, 2.45) is 0 Å². The van der Waals surface area contributed by atoms with Crippen molar-refractivity contribution in [3.05, 3.63) is 35.9 Å². The van der Waals surface area contributed by atoms with E-state index in [1.165, 1.54) is 0 Å². The van der Waals surface area contributed by atoms with Crippen molar-refractivity contribution in [3.8, 4) is 0 Å². The Morgan fingerprint density at radius 3 is 2.50 bits per heavy atom. The Labute approximate surface area is 165 Å². The number of amides is 3. The van der Waals surface area contributed by atoms with Crippen LogP contribution < -0.4 is 16.0 Å². The first-order valence-electron chi connectivity index (χ1n) is 9.73. The van der Waals surface area contributed by atoms with Crippen LogP contribution in [0.1, 0.15) is 32.3 Å². The molecule has 1 aliphatic rings. The maximum Gasteiger partial charge on any atom is 0.317 e. The molecule has 0 unspecified atom stereocenters. The highest BCUT2D eigenvalue weighted by Crippen LogP contribution is 2.25. The zero-order chi connectivity index (χ0) is 20.5. The normalized spacial score (nSPS) is 19.4. The van der Waals surface area contributed by atoms with Gasteiger partial charge in [0.25, 0.3) is 0 Å². The van der Waals surface area contributed by atoms with Crippen LogP contribution in [0.15, 0.2) is 30.3 Å². The molecule has 1 aromatic rings. The van der Waals surface area contributed by atoms with E-state index in [1.807, 2.05) is 42.2 Å². The number of benzene rings is 1. The lowest BCUT2D eigenvalue weighted by molar-refractivity contribution is -0.139. The number of nitrogens with zero attached hydrogens (tertiary/aromatic N) is 1. The van der Waals surface area contributed by atoms with Crippen molar-refractivity contribution in [2.45, 2.75) is 51.2 Å². The molecule has 1 fully saturated rings. The number of carbonyl (C=O) groups is 3. The largest absolute Gasteiger partial charge is 0.480 e. The molecule has 1 saturated carbocycles. The van der Waals surface area contributed by atoms with E-state index in [4.69, 9.17) is 5.11 Å². The molecule has 0 radical (unpaired) electrons. The van der Waals surface area contributed by atoms with Crippen molar-refractivity contribution >= 4 is 17.9 Å². The first-order valence-corrected chi connectivity index (χ1v) is 9.73. The van der Waals surface area contributed by atoms with Crippen LogP contribution in [-0.4, -0.2) is 65.7 Å². The molecule has 8 heteroatoms. The van der Waals surface area contributed by atoms with Crippen LogP contribution in [0.25, 0.3) is 0 Å². The van der Waals surface area contributed by atoms with Crippen LogP contribution in [0.5, 0.6) is 0 Å². The number of aliphatic carboxylic acids is 1. The van der Waals surface area contributed by atoms with E-state index in [9.17, 15) is 14.4 Å². The molecule has 1 atom stereocenters. The van der Waals surface area contributed by atoms with Crippen LogP contribution in [-0.2, 0) is 16.0 Å². The van der Waals surface area contributed by atoms with Crippen LogP contribution in [0.2, 0.25) is 0 Å². The first-order chi connectivity index (χ1) is 13.4. The third kappa shape index (κ3) is 6.84. The second kappa shape index (κ2) is 10.7. The lowest BCUT2D eigenvalue weighted by Crippen LogP contribution is -2.58. The van der Waals surface area contributed by atoms with Gasteiger partial charge in [0.15, 0.2) is 0 Å². The summed E-state index contributed by atoms with van der Waals surface area (Å²) in [5.74, 6) is -1.07. The number of rotatable bonds is 10. The maximum atomic E-state index is 12.1. The Hall–Kier alpha value is -2.61. The highest BCUT2D eigenvalue weighted by Gasteiger charge is 2.34. The van der Waals surface area contributed by atoms with Crippen LogP contribution in [0.3, 0.4) is 0 Å². The van der Waals surface area contributed by atoms with Gasteiger partial charge in [-0.15, -0.1) is 0 Å². The van der Waals surface area contributed by atoms with Crippen molar-refractivity contribution in [1.82, 2.24) is 20.9 Å². The number of likely N-dealkylation sites (N-methyl/N-ethyl adjacent to an activating group) is 1. The van der Waals surface area contributed by atoms with Crippen molar-refractivity contribution in [1.29, 1.82) is 0 Å². The Bertz CT molecular complexity index is 661. The summed E-state index contributed by atoms with van der Waals surface area (Å²) in [6.07, 6.45) is 2.16. The molecular formula is C20H30N4O4. The minimum absolute atomic E-state index is 0.00110. The molecule has 28 heavy (non-hydrogen) atoms. The van der Waals surface area contributed by atoms with E-state index in [1.54, 1.807) is 6.92 Å². The van der Waals surface area contributed by atoms with E-state index in [2.05, 4.69) is 16.0 Å². The minimum atomic E-state index is -0.844. The van der Waals surface area contributed by atoms with E-state index in [0.717, 1.165) is 12.0 Å². The van der Waals surface area contributed by atoms with Gasteiger partial charge in [-0.1, -0.05) is 37.3 Å². The van der Waals surface area contributed by atoms with Gasteiger partial charge in [-0.05, 0) is 38.3 Å². The molecule has 0 aliphatic heterocycles. The summed E-state index contributed by atoms with van der Waals surface area (Å²) in [5, 5.41) is 17.2. The lowest BCUT2D eigenvalue weighted by atomic mass is 9.85. The second-order valence-corrected chi connectivity index (χ2v) is 7.15. The van der Waals surface area contributed by atoms with Crippen LogP contribution >= 0.6 is 0 Å². The number of carbonyl (C=O) groups excluding carboxylic acids is 2. The molecule has 0 aromatic heterocycles. The van der Waals surface area contributed by atoms with Gasteiger partial charge in [-0.25, -0.2) is 4.79 Å². The predicted octanol–water partition coefficient (Wildman–Crippen LogP) is 0.971. The molecule has 0 heterocycles. The van der Waals surface area contributed by atoms with E-state index in [0.29, 0.717) is 25.9 Å². The molecular weight excluding hydrogens is 360 g/mol. The van der Waals surface area contributed by atoms with E-state index in [-0.39, 0.29) is 30.6 Å². The zero-order valence-electron chi connectivity index (χ0n) is 16.5. The van der Waals surface area contributed by atoms with Gasteiger partial charge in [-0.3, -0.25) is 14.5 Å². The predicted molar refractivity (Wildman–Crippen MR) is 106 cm³/mol. The quantitative estimate of drug-likeness (QED) is 0.476. The summed E-state index contributed by atoms with van der Waals surface area (Å²) in [6, 6.07) is 9.03. The molecule has 1 aliphatic carbocycles. The standard InChI is InChI=1S/C20H30N4O4/c1-3-24(13-18(25)26)17-11-16(12-17)23-20(28)22-14(2)19(27)21-10-9-15-7-5-4-6-8-15/h4-8,14,16-17H,3,9-13H2,1-2H3,(H,21,27)(H,25,26)(H2,22,23,28)/t14-,16?,17?/m1/s1.